The van der Waals surface area contributed by atoms with E-state index in [9.17, 15) is 9.59 Å². The van der Waals surface area contributed by atoms with Crippen molar-refractivity contribution in [2.75, 3.05) is 27.3 Å². The number of hydrogen-bond acceptors (Lipinski definition) is 5. The Hall–Kier alpha value is -3.74. The molecule has 0 spiro atoms. The fraction of sp³-hybridized carbons (Fsp3) is 0.419. The van der Waals surface area contributed by atoms with Crippen LogP contribution < -0.4 is 9.47 Å². The van der Waals surface area contributed by atoms with Crippen molar-refractivity contribution >= 4 is 11.8 Å². The number of hydrogen-bond donors (Lipinski definition) is 0. The molecule has 7 nitrogen and oxygen atoms in total. The third-order valence-corrected chi connectivity index (χ3v) is 7.36. The van der Waals surface area contributed by atoms with E-state index in [-0.39, 0.29) is 24.4 Å². The lowest BCUT2D eigenvalue weighted by Gasteiger charge is -2.35. The van der Waals surface area contributed by atoms with E-state index in [0.29, 0.717) is 42.3 Å². The van der Waals surface area contributed by atoms with Gasteiger partial charge in [-0.3, -0.25) is 9.59 Å². The molecule has 0 unspecified atom stereocenters. The largest absolute Gasteiger partial charge is 0.493 e. The molecule has 0 atom stereocenters. The molecule has 1 aliphatic rings. The highest BCUT2D eigenvalue weighted by Gasteiger charge is 2.30. The molecule has 7 heteroatoms. The maximum absolute atomic E-state index is 13.8. The summed E-state index contributed by atoms with van der Waals surface area (Å²) in [6.07, 6.45) is 7.41. The van der Waals surface area contributed by atoms with E-state index < -0.39 is 0 Å². The van der Waals surface area contributed by atoms with Crippen LogP contribution in [-0.4, -0.2) is 55.0 Å². The number of ether oxygens (including phenoxy) is 2. The van der Waals surface area contributed by atoms with Gasteiger partial charge >= 0.3 is 0 Å². The number of nitrogens with zero attached hydrogens (tertiary/aromatic N) is 2. The van der Waals surface area contributed by atoms with Gasteiger partial charge in [0, 0.05) is 18.2 Å². The van der Waals surface area contributed by atoms with Gasteiger partial charge in [-0.15, -0.1) is 0 Å². The van der Waals surface area contributed by atoms with Gasteiger partial charge in [-0.1, -0.05) is 43.5 Å². The molecule has 0 aliphatic heterocycles. The van der Waals surface area contributed by atoms with E-state index in [4.69, 9.17) is 13.9 Å². The quantitative estimate of drug-likeness (QED) is 0.328. The normalized spacial score (nSPS) is 13.7. The molecule has 202 valence electrons. The summed E-state index contributed by atoms with van der Waals surface area (Å²) in [6.45, 7) is 2.81. The Morgan fingerprint density at radius 1 is 0.947 bits per heavy atom. The van der Waals surface area contributed by atoms with Crippen LogP contribution in [0.1, 0.15) is 59.3 Å². The summed E-state index contributed by atoms with van der Waals surface area (Å²) < 4.78 is 16.4. The number of carbonyl (C=O) groups is 2. The predicted molar refractivity (Wildman–Crippen MR) is 146 cm³/mol. The highest BCUT2D eigenvalue weighted by Crippen LogP contribution is 2.28. The van der Waals surface area contributed by atoms with Crippen molar-refractivity contribution in [1.82, 2.24) is 9.80 Å². The first-order valence-electron chi connectivity index (χ1n) is 13.4. The first-order valence-corrected chi connectivity index (χ1v) is 13.4. The Kier molecular flexibility index (Phi) is 9.46. The topological polar surface area (TPSA) is 72.2 Å². The molecule has 2 aromatic carbocycles. The molecule has 0 bridgehead atoms. The van der Waals surface area contributed by atoms with Crippen LogP contribution >= 0.6 is 0 Å². The zero-order valence-electron chi connectivity index (χ0n) is 22.7. The number of benzene rings is 2. The molecule has 0 N–H and O–H groups in total. The number of amides is 2. The second kappa shape index (κ2) is 13.2. The van der Waals surface area contributed by atoms with Gasteiger partial charge in [-0.25, -0.2) is 0 Å². The molecule has 1 heterocycles. The Labute approximate surface area is 225 Å². The Morgan fingerprint density at radius 2 is 1.71 bits per heavy atom. The molecule has 1 aliphatic carbocycles. The standard InChI is InChI=1S/C31H38N2O5/c1-23-10-7-8-14-27(23)31(35)33(25-11-5-4-6-12-25)22-30(34)32(21-26-13-9-19-38-26)18-17-24-15-16-28(36-2)29(20-24)37-3/h7-10,13-16,19-20,25H,4-6,11-12,17-18,21-22H2,1-3H3. The minimum absolute atomic E-state index is 0.0461. The van der Waals surface area contributed by atoms with Crippen LogP contribution in [0.2, 0.25) is 0 Å². The van der Waals surface area contributed by atoms with Gasteiger partial charge in [0.1, 0.15) is 12.3 Å². The molecular weight excluding hydrogens is 480 g/mol. The van der Waals surface area contributed by atoms with Crippen LogP contribution in [0.15, 0.2) is 65.3 Å². The van der Waals surface area contributed by atoms with Crippen molar-refractivity contribution in [1.29, 1.82) is 0 Å². The summed E-state index contributed by atoms with van der Waals surface area (Å²) in [4.78, 5) is 31.2. The molecule has 4 rings (SSSR count). The summed E-state index contributed by atoms with van der Waals surface area (Å²) in [5, 5.41) is 0. The van der Waals surface area contributed by atoms with E-state index in [1.54, 1.807) is 25.4 Å². The van der Waals surface area contributed by atoms with Crippen LogP contribution in [0.3, 0.4) is 0 Å². The Morgan fingerprint density at radius 3 is 2.39 bits per heavy atom. The minimum Gasteiger partial charge on any atom is -0.493 e. The van der Waals surface area contributed by atoms with Crippen molar-refractivity contribution < 1.29 is 23.5 Å². The summed E-state index contributed by atoms with van der Waals surface area (Å²) in [5.74, 6) is 1.87. The van der Waals surface area contributed by atoms with Crippen molar-refractivity contribution in [3.05, 3.63) is 83.3 Å². The fourth-order valence-corrected chi connectivity index (χ4v) is 5.16. The van der Waals surface area contributed by atoms with Crippen LogP contribution in [0.4, 0.5) is 0 Å². The maximum Gasteiger partial charge on any atom is 0.254 e. The molecule has 0 saturated heterocycles. The zero-order valence-corrected chi connectivity index (χ0v) is 22.7. The van der Waals surface area contributed by atoms with Gasteiger partial charge in [0.15, 0.2) is 11.5 Å². The second-order valence-electron chi connectivity index (χ2n) is 9.87. The highest BCUT2D eigenvalue weighted by atomic mass is 16.5. The van der Waals surface area contributed by atoms with Gasteiger partial charge in [-0.05, 0) is 67.6 Å². The Balaban J connectivity index is 1.55. The first kappa shape index (κ1) is 27.3. The summed E-state index contributed by atoms with van der Waals surface area (Å²) in [7, 11) is 3.22. The molecule has 3 aromatic rings. The monoisotopic (exact) mass is 518 g/mol. The number of carbonyl (C=O) groups excluding carboxylic acids is 2. The van der Waals surface area contributed by atoms with Crippen LogP contribution in [0.5, 0.6) is 11.5 Å². The smallest absolute Gasteiger partial charge is 0.254 e. The summed E-state index contributed by atoms with van der Waals surface area (Å²) in [5.41, 5.74) is 2.61. The van der Waals surface area contributed by atoms with Crippen molar-refractivity contribution in [2.24, 2.45) is 0 Å². The number of rotatable bonds is 11. The zero-order chi connectivity index (χ0) is 26.9. The number of furan rings is 1. The van der Waals surface area contributed by atoms with Crippen LogP contribution in [0.25, 0.3) is 0 Å². The molecule has 1 fully saturated rings. The SMILES string of the molecule is COc1ccc(CCN(Cc2ccco2)C(=O)CN(C(=O)c2ccccc2C)C2CCCCC2)cc1OC. The minimum atomic E-state index is -0.0885. The predicted octanol–water partition coefficient (Wildman–Crippen LogP) is 5.65. The fourth-order valence-electron chi connectivity index (χ4n) is 5.16. The molecule has 1 saturated carbocycles. The summed E-state index contributed by atoms with van der Waals surface area (Å²) in [6, 6.07) is 17.2. The van der Waals surface area contributed by atoms with Gasteiger partial charge < -0.3 is 23.7 Å². The molecule has 1 aromatic heterocycles. The lowest BCUT2D eigenvalue weighted by Crippen LogP contribution is -2.48. The van der Waals surface area contributed by atoms with Crippen molar-refractivity contribution in [2.45, 2.75) is 58.0 Å². The van der Waals surface area contributed by atoms with Gasteiger partial charge in [0.25, 0.3) is 5.91 Å². The van der Waals surface area contributed by atoms with Crippen LogP contribution in [0, 0.1) is 6.92 Å². The lowest BCUT2D eigenvalue weighted by atomic mass is 9.93. The van der Waals surface area contributed by atoms with Crippen molar-refractivity contribution in [3.63, 3.8) is 0 Å². The maximum atomic E-state index is 13.8. The van der Waals surface area contributed by atoms with E-state index in [2.05, 4.69) is 0 Å². The molecule has 2 amide bonds. The molecular formula is C31H38N2O5. The van der Waals surface area contributed by atoms with E-state index in [1.165, 1.54) is 6.42 Å². The Bertz CT molecular complexity index is 1200. The number of aryl methyl sites for hydroxylation is 1. The third kappa shape index (κ3) is 6.77. The van der Waals surface area contributed by atoms with E-state index in [0.717, 1.165) is 36.8 Å². The average molecular weight is 519 g/mol. The molecule has 0 radical (unpaired) electrons. The lowest BCUT2D eigenvalue weighted by molar-refractivity contribution is -0.133. The van der Waals surface area contributed by atoms with E-state index in [1.807, 2.05) is 66.4 Å². The first-order chi connectivity index (χ1) is 18.5. The second-order valence-corrected chi connectivity index (χ2v) is 9.87. The van der Waals surface area contributed by atoms with E-state index >= 15 is 0 Å². The van der Waals surface area contributed by atoms with Crippen molar-refractivity contribution in [3.8, 4) is 11.5 Å². The number of methoxy groups -OCH3 is 2. The highest BCUT2D eigenvalue weighted by molar-refractivity contribution is 5.98. The van der Waals surface area contributed by atoms with Gasteiger partial charge in [-0.2, -0.15) is 0 Å². The van der Waals surface area contributed by atoms with Crippen LogP contribution in [-0.2, 0) is 17.8 Å². The molecule has 38 heavy (non-hydrogen) atoms. The third-order valence-electron chi connectivity index (χ3n) is 7.36. The van der Waals surface area contributed by atoms with Gasteiger partial charge in [0.05, 0.1) is 27.0 Å². The summed E-state index contributed by atoms with van der Waals surface area (Å²) >= 11 is 0. The van der Waals surface area contributed by atoms with Gasteiger partial charge in [0.2, 0.25) is 5.91 Å². The average Bonchev–Trinajstić information content (AvgIpc) is 3.47.